The molecule has 1 aromatic rings. The zero-order valence-corrected chi connectivity index (χ0v) is 17.6. The summed E-state index contributed by atoms with van der Waals surface area (Å²) in [7, 11) is 0. The molecule has 1 aromatic carbocycles. The van der Waals surface area contributed by atoms with Crippen LogP contribution in [0.1, 0.15) is 45.4 Å². The summed E-state index contributed by atoms with van der Waals surface area (Å²) in [6.45, 7) is 5.81. The maximum Gasteiger partial charge on any atom is 0.237 e. The molecule has 6 rings (SSSR count). The summed E-state index contributed by atoms with van der Waals surface area (Å²) in [5.41, 5.74) is 1.29. The van der Waals surface area contributed by atoms with E-state index in [1.165, 1.54) is 44.2 Å². The first-order chi connectivity index (χ1) is 13.5. The van der Waals surface area contributed by atoms with Crippen molar-refractivity contribution in [2.75, 3.05) is 31.1 Å². The molecule has 152 valence electrons. The number of hydrogen-bond donors (Lipinski definition) is 1. The predicted molar refractivity (Wildman–Crippen MR) is 114 cm³/mol. The van der Waals surface area contributed by atoms with Gasteiger partial charge < -0.3 is 10.2 Å². The predicted octanol–water partition coefficient (Wildman–Crippen LogP) is 3.94. The average molecular weight is 402 g/mol. The van der Waals surface area contributed by atoms with E-state index in [0.717, 1.165) is 49.0 Å². The summed E-state index contributed by atoms with van der Waals surface area (Å²) in [5.74, 6) is 2.84. The van der Waals surface area contributed by atoms with Gasteiger partial charge in [0.2, 0.25) is 5.91 Å². The van der Waals surface area contributed by atoms with Gasteiger partial charge >= 0.3 is 0 Å². The van der Waals surface area contributed by atoms with E-state index in [2.05, 4.69) is 28.1 Å². The summed E-state index contributed by atoms with van der Waals surface area (Å²) in [6, 6.07) is 8.02. The zero-order valence-electron chi connectivity index (χ0n) is 16.9. The molecule has 1 N–H and O–H groups in total. The summed E-state index contributed by atoms with van der Waals surface area (Å²) in [4.78, 5) is 17.9. The van der Waals surface area contributed by atoms with E-state index in [1.54, 1.807) is 0 Å². The highest BCUT2D eigenvalue weighted by Gasteiger charge is 2.51. The number of carbonyl (C=O) groups is 1. The second kappa shape index (κ2) is 7.21. The van der Waals surface area contributed by atoms with Crippen LogP contribution in [-0.2, 0) is 4.79 Å². The van der Waals surface area contributed by atoms with Gasteiger partial charge in [0.15, 0.2) is 0 Å². The van der Waals surface area contributed by atoms with Crippen molar-refractivity contribution in [2.24, 2.45) is 17.8 Å². The molecule has 4 nitrogen and oxygen atoms in total. The number of hydrogen-bond acceptors (Lipinski definition) is 3. The third-order valence-corrected chi connectivity index (χ3v) is 8.08. The van der Waals surface area contributed by atoms with Gasteiger partial charge in [0.05, 0.1) is 6.04 Å². The third kappa shape index (κ3) is 3.54. The van der Waals surface area contributed by atoms with E-state index in [-0.39, 0.29) is 17.5 Å². The van der Waals surface area contributed by atoms with Crippen molar-refractivity contribution in [2.45, 2.75) is 57.0 Å². The Hall–Kier alpha value is -1.26. The van der Waals surface area contributed by atoms with Gasteiger partial charge in [-0.15, -0.1) is 0 Å². The Bertz CT molecular complexity index is 708. The number of benzene rings is 1. The quantitative estimate of drug-likeness (QED) is 0.830. The van der Waals surface area contributed by atoms with E-state index in [9.17, 15) is 4.79 Å². The average Bonchev–Trinajstić information content (AvgIpc) is 2.66. The molecule has 1 atom stereocenters. The van der Waals surface area contributed by atoms with Gasteiger partial charge in [0, 0.05) is 42.4 Å². The fraction of sp³-hybridized carbons (Fsp3) is 0.696. The normalized spacial score (nSPS) is 35.8. The highest BCUT2D eigenvalue weighted by molar-refractivity contribution is 6.30. The highest BCUT2D eigenvalue weighted by Crippen LogP contribution is 2.55. The second-order valence-electron chi connectivity index (χ2n) is 9.87. The lowest BCUT2D eigenvalue weighted by Crippen LogP contribution is -2.63. The van der Waals surface area contributed by atoms with Crippen LogP contribution in [0.4, 0.5) is 5.69 Å². The van der Waals surface area contributed by atoms with Crippen LogP contribution in [0.5, 0.6) is 0 Å². The van der Waals surface area contributed by atoms with Crippen LogP contribution in [0.3, 0.4) is 0 Å². The van der Waals surface area contributed by atoms with E-state index >= 15 is 0 Å². The van der Waals surface area contributed by atoms with Crippen molar-refractivity contribution in [1.82, 2.24) is 10.2 Å². The van der Waals surface area contributed by atoms with Crippen LogP contribution in [0, 0.1) is 17.8 Å². The summed E-state index contributed by atoms with van der Waals surface area (Å²) in [5, 5.41) is 4.34. The summed E-state index contributed by atoms with van der Waals surface area (Å²) < 4.78 is 0. The molecular weight excluding hydrogens is 370 g/mol. The lowest BCUT2D eigenvalue weighted by Gasteiger charge is -2.57. The maximum atomic E-state index is 13.1. The molecule has 4 bridgehead atoms. The molecule has 0 spiro atoms. The standard InChI is InChI=1S/C23H32ClN3O/c1-16(26-5-7-27(8-6-26)21-4-2-3-20(24)12-21)22(28)25-23-13-17-9-18(14-23)11-19(10-17)15-23/h2-4,12,16-19H,5-11,13-15H2,1H3,(H,25,28). The molecule has 1 aliphatic heterocycles. The number of rotatable bonds is 4. The molecule has 5 heteroatoms. The monoisotopic (exact) mass is 401 g/mol. The molecule has 1 unspecified atom stereocenters. The molecule has 4 aliphatic carbocycles. The second-order valence-corrected chi connectivity index (χ2v) is 10.3. The molecule has 4 saturated carbocycles. The minimum absolute atomic E-state index is 0.0467. The van der Waals surface area contributed by atoms with Crippen molar-refractivity contribution >= 4 is 23.2 Å². The Kier molecular flexibility index (Phi) is 4.83. The maximum absolute atomic E-state index is 13.1. The van der Waals surface area contributed by atoms with Crippen LogP contribution < -0.4 is 10.2 Å². The number of amides is 1. The zero-order chi connectivity index (χ0) is 19.3. The van der Waals surface area contributed by atoms with Crippen LogP contribution in [0.15, 0.2) is 24.3 Å². The fourth-order valence-electron chi connectivity index (χ4n) is 6.84. The Morgan fingerprint density at radius 1 is 1.07 bits per heavy atom. The highest BCUT2D eigenvalue weighted by atomic mass is 35.5. The molecule has 5 fully saturated rings. The molecule has 1 amide bonds. The topological polar surface area (TPSA) is 35.6 Å². The minimum atomic E-state index is -0.0467. The van der Waals surface area contributed by atoms with E-state index in [4.69, 9.17) is 11.6 Å². The first-order valence-electron chi connectivity index (χ1n) is 11.1. The molecule has 1 heterocycles. The molecule has 1 saturated heterocycles. The Morgan fingerprint density at radius 2 is 1.68 bits per heavy atom. The molecule has 5 aliphatic rings. The Morgan fingerprint density at radius 3 is 2.25 bits per heavy atom. The Balaban J connectivity index is 1.18. The van der Waals surface area contributed by atoms with Crippen LogP contribution in [0.2, 0.25) is 5.02 Å². The molecular formula is C23H32ClN3O. The van der Waals surface area contributed by atoms with E-state index in [1.807, 2.05) is 18.2 Å². The van der Waals surface area contributed by atoms with E-state index < -0.39 is 0 Å². The van der Waals surface area contributed by atoms with Gasteiger partial charge in [-0.1, -0.05) is 17.7 Å². The van der Waals surface area contributed by atoms with Crippen LogP contribution >= 0.6 is 11.6 Å². The van der Waals surface area contributed by atoms with E-state index in [0.29, 0.717) is 0 Å². The lowest BCUT2D eigenvalue weighted by molar-refractivity contribution is -0.131. The smallest absolute Gasteiger partial charge is 0.237 e. The van der Waals surface area contributed by atoms with Crippen LogP contribution in [0.25, 0.3) is 0 Å². The molecule has 0 radical (unpaired) electrons. The van der Waals surface area contributed by atoms with Crippen molar-refractivity contribution in [3.8, 4) is 0 Å². The Labute approximate surface area is 173 Å². The number of halogens is 1. The van der Waals surface area contributed by atoms with Gasteiger partial charge in [-0.05, 0) is 81.4 Å². The minimum Gasteiger partial charge on any atom is -0.369 e. The fourth-order valence-corrected chi connectivity index (χ4v) is 7.02. The first kappa shape index (κ1) is 18.7. The summed E-state index contributed by atoms with van der Waals surface area (Å²) in [6.07, 6.45) is 7.91. The van der Waals surface area contributed by atoms with Crippen molar-refractivity contribution in [3.63, 3.8) is 0 Å². The van der Waals surface area contributed by atoms with Gasteiger partial charge in [-0.2, -0.15) is 0 Å². The lowest BCUT2D eigenvalue weighted by atomic mass is 9.53. The van der Waals surface area contributed by atoms with Gasteiger partial charge in [-0.3, -0.25) is 9.69 Å². The number of anilines is 1. The third-order valence-electron chi connectivity index (χ3n) is 7.84. The number of piperazine rings is 1. The summed E-state index contributed by atoms with van der Waals surface area (Å²) >= 11 is 6.14. The number of nitrogens with zero attached hydrogens (tertiary/aromatic N) is 2. The molecule has 28 heavy (non-hydrogen) atoms. The van der Waals surface area contributed by atoms with Gasteiger partial charge in [-0.25, -0.2) is 0 Å². The van der Waals surface area contributed by atoms with Crippen LogP contribution in [-0.4, -0.2) is 48.6 Å². The number of carbonyl (C=O) groups excluding carboxylic acids is 1. The molecule has 0 aromatic heterocycles. The van der Waals surface area contributed by atoms with Crippen molar-refractivity contribution in [1.29, 1.82) is 0 Å². The largest absolute Gasteiger partial charge is 0.369 e. The number of nitrogens with one attached hydrogen (secondary N) is 1. The van der Waals surface area contributed by atoms with Gasteiger partial charge in [0.1, 0.15) is 0 Å². The van der Waals surface area contributed by atoms with Crippen molar-refractivity contribution in [3.05, 3.63) is 29.3 Å². The van der Waals surface area contributed by atoms with Gasteiger partial charge in [0.25, 0.3) is 0 Å². The SMILES string of the molecule is CC(C(=O)NC12CC3CC(CC(C3)C1)C2)N1CCN(c2cccc(Cl)c2)CC1. The van der Waals surface area contributed by atoms with Crippen molar-refractivity contribution < 1.29 is 4.79 Å². The first-order valence-corrected chi connectivity index (χ1v) is 11.4.